The lowest BCUT2D eigenvalue weighted by atomic mass is 10.2. The summed E-state index contributed by atoms with van der Waals surface area (Å²) >= 11 is 6.93. The molecule has 3 amide bonds. The lowest BCUT2D eigenvalue weighted by Gasteiger charge is -2.09. The number of hydrogen-bond donors (Lipinski definition) is 3. The van der Waals surface area contributed by atoms with Crippen LogP contribution in [0.1, 0.15) is 20.8 Å². The molecule has 0 aliphatic carbocycles. The highest BCUT2D eigenvalue weighted by Gasteiger charge is 2.22. The quantitative estimate of drug-likeness (QED) is 0.618. The van der Waals surface area contributed by atoms with Crippen LogP contribution in [0.2, 0.25) is 5.02 Å². The molecular weight excluding hydrogens is 414 g/mol. The maximum atomic E-state index is 12.3. The minimum atomic E-state index is -3.99. The molecule has 0 atom stereocenters. The van der Waals surface area contributed by atoms with Crippen molar-refractivity contribution in [1.29, 1.82) is 0 Å². The van der Waals surface area contributed by atoms with Crippen molar-refractivity contribution in [2.45, 2.75) is 17.6 Å². The smallest absolute Gasteiger partial charge is 0.326 e. The van der Waals surface area contributed by atoms with Gasteiger partial charge in [-0.15, -0.1) is 11.3 Å². The van der Waals surface area contributed by atoms with Gasteiger partial charge in [0, 0.05) is 16.4 Å². The Morgan fingerprint density at radius 3 is 2.63 bits per heavy atom. The number of carbonyl (C=O) groups excluding carboxylic acids is 2. The van der Waals surface area contributed by atoms with Crippen molar-refractivity contribution in [3.05, 3.63) is 45.3 Å². The van der Waals surface area contributed by atoms with E-state index in [0.29, 0.717) is 28.3 Å². The number of aryl methyl sites for hydroxylation is 1. The average Bonchev–Trinajstić information content (AvgIpc) is 2.95. The molecule has 2 rings (SSSR count). The Balaban J connectivity index is 2.04. The van der Waals surface area contributed by atoms with Crippen LogP contribution in [0.3, 0.4) is 0 Å². The molecule has 0 bridgehead atoms. The average molecular weight is 432 g/mol. The molecule has 27 heavy (non-hydrogen) atoms. The van der Waals surface area contributed by atoms with Gasteiger partial charge in [0.05, 0.1) is 12.7 Å². The topological polar surface area (TPSA) is 128 Å². The predicted molar refractivity (Wildman–Crippen MR) is 103 cm³/mol. The standard InChI is InChI=1S/C16H18ClN3O5S2/c1-9-7-11(26-15(9)27(23,24)20-16(18)22)5-6-19-14(21)12-8-10(17)3-4-13(12)25-2/h3-4,7-8H,5-6H2,1-2H3,(H,19,21)(H3,18,20,22). The fraction of sp³-hybridized carbons (Fsp3) is 0.250. The van der Waals surface area contributed by atoms with Gasteiger partial charge < -0.3 is 15.8 Å². The molecule has 8 nitrogen and oxygen atoms in total. The summed E-state index contributed by atoms with van der Waals surface area (Å²) in [6, 6.07) is 5.26. The molecule has 146 valence electrons. The number of ether oxygens (including phenoxy) is 1. The maximum absolute atomic E-state index is 12.3. The summed E-state index contributed by atoms with van der Waals surface area (Å²) in [5, 5.41) is 3.15. The number of hydrogen-bond acceptors (Lipinski definition) is 6. The van der Waals surface area contributed by atoms with Crippen molar-refractivity contribution < 1.29 is 22.7 Å². The van der Waals surface area contributed by atoms with E-state index >= 15 is 0 Å². The molecule has 1 aromatic carbocycles. The maximum Gasteiger partial charge on any atom is 0.326 e. The first-order valence-electron chi connectivity index (χ1n) is 7.67. The molecule has 0 radical (unpaired) electrons. The summed E-state index contributed by atoms with van der Waals surface area (Å²) in [5.41, 5.74) is 5.68. The van der Waals surface area contributed by atoms with Gasteiger partial charge in [-0.05, 0) is 43.2 Å². The highest BCUT2D eigenvalue weighted by Crippen LogP contribution is 2.27. The lowest BCUT2D eigenvalue weighted by molar-refractivity contribution is 0.0951. The molecule has 1 heterocycles. The second kappa shape index (κ2) is 8.59. The van der Waals surface area contributed by atoms with Crippen molar-refractivity contribution in [1.82, 2.24) is 10.0 Å². The molecule has 11 heteroatoms. The van der Waals surface area contributed by atoms with Gasteiger partial charge >= 0.3 is 6.03 Å². The zero-order chi connectivity index (χ0) is 20.2. The SMILES string of the molecule is COc1ccc(Cl)cc1C(=O)NCCc1cc(C)c(S(=O)(=O)NC(N)=O)s1. The van der Waals surface area contributed by atoms with E-state index in [4.69, 9.17) is 22.1 Å². The molecule has 0 aliphatic heterocycles. The van der Waals surface area contributed by atoms with E-state index < -0.39 is 16.1 Å². The predicted octanol–water partition coefficient (Wildman–Crippen LogP) is 2.05. The number of urea groups is 1. The van der Waals surface area contributed by atoms with Crippen LogP contribution in [0.15, 0.2) is 28.5 Å². The molecule has 0 saturated carbocycles. The summed E-state index contributed by atoms with van der Waals surface area (Å²) in [4.78, 5) is 23.9. The number of amides is 3. The summed E-state index contributed by atoms with van der Waals surface area (Å²) in [7, 11) is -2.54. The molecule has 0 spiro atoms. The van der Waals surface area contributed by atoms with Crippen molar-refractivity contribution in [3.63, 3.8) is 0 Å². The summed E-state index contributed by atoms with van der Waals surface area (Å²) < 4.78 is 31.0. The van der Waals surface area contributed by atoms with Gasteiger partial charge in [0.1, 0.15) is 9.96 Å². The lowest BCUT2D eigenvalue weighted by Crippen LogP contribution is -2.34. The summed E-state index contributed by atoms with van der Waals surface area (Å²) in [6.07, 6.45) is 0.409. The van der Waals surface area contributed by atoms with Crippen LogP contribution in [0.25, 0.3) is 0 Å². The van der Waals surface area contributed by atoms with Crippen molar-refractivity contribution in [2.75, 3.05) is 13.7 Å². The van der Waals surface area contributed by atoms with E-state index in [0.717, 1.165) is 16.2 Å². The number of rotatable bonds is 7. The molecule has 1 aromatic heterocycles. The number of nitrogens with one attached hydrogen (secondary N) is 2. The number of carbonyl (C=O) groups is 2. The van der Waals surface area contributed by atoms with Crippen molar-refractivity contribution >= 4 is 44.9 Å². The van der Waals surface area contributed by atoms with E-state index in [1.165, 1.54) is 13.2 Å². The van der Waals surface area contributed by atoms with Crippen LogP contribution >= 0.6 is 22.9 Å². The molecule has 0 aliphatic rings. The Bertz CT molecular complexity index is 972. The minimum Gasteiger partial charge on any atom is -0.496 e. The fourth-order valence-corrected chi connectivity index (χ4v) is 5.15. The summed E-state index contributed by atoms with van der Waals surface area (Å²) in [5.74, 6) is 0.0423. The Hall–Kier alpha value is -2.30. The van der Waals surface area contributed by atoms with E-state index in [2.05, 4.69) is 5.32 Å². The number of thiophene rings is 1. The highest BCUT2D eigenvalue weighted by atomic mass is 35.5. The first-order chi connectivity index (χ1) is 12.6. The van der Waals surface area contributed by atoms with Crippen LogP contribution in [0.5, 0.6) is 5.75 Å². The zero-order valence-electron chi connectivity index (χ0n) is 14.5. The van der Waals surface area contributed by atoms with Gasteiger partial charge in [0.2, 0.25) is 0 Å². The third kappa shape index (κ3) is 5.34. The first kappa shape index (κ1) is 21.0. The van der Waals surface area contributed by atoms with Gasteiger partial charge in [-0.2, -0.15) is 0 Å². The second-order valence-corrected chi connectivity index (χ2v) is 8.95. The Labute approximate surface area is 165 Å². The van der Waals surface area contributed by atoms with E-state index in [1.807, 2.05) is 0 Å². The third-order valence-electron chi connectivity index (χ3n) is 3.47. The fourth-order valence-electron chi connectivity index (χ4n) is 2.35. The second-order valence-electron chi connectivity index (χ2n) is 5.50. The Morgan fingerprint density at radius 1 is 1.30 bits per heavy atom. The molecular formula is C16H18ClN3O5S2. The van der Waals surface area contributed by atoms with E-state index in [-0.39, 0.29) is 16.7 Å². The largest absolute Gasteiger partial charge is 0.496 e. The van der Waals surface area contributed by atoms with Gasteiger partial charge in [-0.1, -0.05) is 11.6 Å². The normalized spacial score (nSPS) is 11.1. The van der Waals surface area contributed by atoms with Gasteiger partial charge in [-0.25, -0.2) is 17.9 Å². The van der Waals surface area contributed by atoms with Gasteiger partial charge in [0.15, 0.2) is 0 Å². The molecule has 0 saturated heterocycles. The van der Waals surface area contributed by atoms with Crippen LogP contribution < -0.4 is 20.5 Å². The van der Waals surface area contributed by atoms with Gasteiger partial charge in [-0.3, -0.25) is 4.79 Å². The number of methoxy groups -OCH3 is 1. The Morgan fingerprint density at radius 2 is 2.00 bits per heavy atom. The zero-order valence-corrected chi connectivity index (χ0v) is 16.9. The monoisotopic (exact) mass is 431 g/mol. The minimum absolute atomic E-state index is 0.0131. The first-order valence-corrected chi connectivity index (χ1v) is 10.3. The number of halogens is 1. The van der Waals surface area contributed by atoms with Crippen LogP contribution in [0, 0.1) is 6.92 Å². The third-order valence-corrected chi connectivity index (χ3v) is 6.98. The van der Waals surface area contributed by atoms with Gasteiger partial charge in [0.25, 0.3) is 15.9 Å². The van der Waals surface area contributed by atoms with Crippen molar-refractivity contribution in [2.24, 2.45) is 5.73 Å². The van der Waals surface area contributed by atoms with Crippen LogP contribution in [0.4, 0.5) is 4.79 Å². The molecule has 2 aromatic rings. The Kier molecular flexibility index (Phi) is 6.68. The van der Waals surface area contributed by atoms with Crippen molar-refractivity contribution in [3.8, 4) is 5.75 Å². The van der Waals surface area contributed by atoms with Crippen LogP contribution in [-0.4, -0.2) is 34.0 Å². The van der Waals surface area contributed by atoms with E-state index in [9.17, 15) is 18.0 Å². The number of nitrogens with two attached hydrogens (primary N) is 1. The summed E-state index contributed by atoms with van der Waals surface area (Å²) in [6.45, 7) is 1.89. The van der Waals surface area contributed by atoms with E-state index in [1.54, 1.807) is 29.8 Å². The number of primary amides is 1. The highest BCUT2D eigenvalue weighted by molar-refractivity contribution is 7.92. The number of benzene rings is 1. The molecule has 4 N–H and O–H groups in total. The number of sulfonamides is 1. The van der Waals surface area contributed by atoms with Crippen LogP contribution in [-0.2, 0) is 16.4 Å². The molecule has 0 unspecified atom stereocenters. The molecule has 0 fully saturated rings.